The van der Waals surface area contributed by atoms with Gasteiger partial charge in [0.2, 0.25) is 0 Å². The molecule has 0 aliphatic heterocycles. The maximum Gasteiger partial charge on any atom is 0.414 e. The van der Waals surface area contributed by atoms with Crippen LogP contribution in [0.25, 0.3) is 0 Å². The van der Waals surface area contributed by atoms with Crippen LogP contribution < -0.4 is 5.73 Å². The lowest BCUT2D eigenvalue weighted by Gasteiger charge is -2.15. The average molecular weight is 197 g/mol. The van der Waals surface area contributed by atoms with Crippen LogP contribution in [0.5, 0.6) is 0 Å². The van der Waals surface area contributed by atoms with E-state index in [4.69, 9.17) is 5.73 Å². The van der Waals surface area contributed by atoms with Gasteiger partial charge in [0, 0.05) is 0 Å². The highest BCUT2D eigenvalue weighted by molar-refractivity contribution is 5.79. The van der Waals surface area contributed by atoms with Gasteiger partial charge in [-0.25, -0.2) is 0 Å². The van der Waals surface area contributed by atoms with Gasteiger partial charge in [0.1, 0.15) is 6.04 Å². The van der Waals surface area contributed by atoms with Crippen molar-refractivity contribution >= 4 is 5.97 Å². The average Bonchev–Trinajstić information content (AvgIpc) is 2.00. The second-order valence-corrected chi connectivity index (χ2v) is 2.25. The van der Waals surface area contributed by atoms with E-state index in [-0.39, 0.29) is 6.61 Å². The number of carbonyl (C=O) groups excluding carboxylic acids is 1. The minimum Gasteiger partial charge on any atom is -0.465 e. The molecule has 0 aliphatic rings. The molecule has 1 atom stereocenters. The highest BCUT2D eigenvalue weighted by Crippen LogP contribution is 2.26. The lowest BCUT2D eigenvalue weighted by Crippen LogP contribution is -2.39. The van der Waals surface area contributed by atoms with Gasteiger partial charge >= 0.3 is 12.1 Å². The molecule has 0 aromatic carbocycles. The molecule has 0 spiro atoms. The minimum atomic E-state index is -4.66. The molecule has 13 heavy (non-hydrogen) atoms. The predicted molar refractivity (Wildman–Crippen MR) is 39.8 cm³/mol. The Labute approximate surface area is 73.4 Å². The molecule has 0 aromatic rings. The third-order valence-electron chi connectivity index (χ3n) is 1.28. The predicted octanol–water partition coefficient (Wildman–Crippen LogP) is 0.995. The first-order valence-electron chi connectivity index (χ1n) is 3.49. The van der Waals surface area contributed by atoms with Gasteiger partial charge in [-0.3, -0.25) is 4.79 Å². The summed E-state index contributed by atoms with van der Waals surface area (Å²) in [5.41, 5.74) is 3.64. The molecule has 3 nitrogen and oxygen atoms in total. The minimum absolute atomic E-state index is 0.0162. The molecule has 76 valence electrons. The highest BCUT2D eigenvalue weighted by Gasteiger charge is 2.38. The maximum atomic E-state index is 11.9. The fourth-order valence-electron chi connectivity index (χ4n) is 0.551. The molecule has 6 heteroatoms. The molecule has 0 aliphatic carbocycles. The fourth-order valence-corrected chi connectivity index (χ4v) is 0.551. The third-order valence-corrected chi connectivity index (χ3v) is 1.28. The second kappa shape index (κ2) is 4.27. The number of hydrogen-bond acceptors (Lipinski definition) is 3. The Hall–Kier alpha value is -1.04. The molecule has 0 aromatic heterocycles. The van der Waals surface area contributed by atoms with Crippen molar-refractivity contribution in [3.63, 3.8) is 0 Å². The van der Waals surface area contributed by atoms with E-state index in [0.717, 1.165) is 0 Å². The SMILES string of the molecule is C=C(C(N)C(=O)OCC)C(F)(F)F. The van der Waals surface area contributed by atoms with Crippen LogP contribution in [0, 0.1) is 0 Å². The Morgan fingerprint density at radius 3 is 2.38 bits per heavy atom. The highest BCUT2D eigenvalue weighted by atomic mass is 19.4. The van der Waals surface area contributed by atoms with Crippen molar-refractivity contribution in [1.29, 1.82) is 0 Å². The molecule has 1 unspecified atom stereocenters. The van der Waals surface area contributed by atoms with Gasteiger partial charge in [-0.1, -0.05) is 6.58 Å². The Bertz CT molecular complexity index is 212. The summed E-state index contributed by atoms with van der Waals surface area (Å²) in [6.45, 7) is 4.14. The van der Waals surface area contributed by atoms with Crippen LogP contribution in [0.2, 0.25) is 0 Å². The second-order valence-electron chi connectivity index (χ2n) is 2.25. The zero-order valence-corrected chi connectivity index (χ0v) is 7.02. The molecule has 0 heterocycles. The lowest BCUT2D eigenvalue weighted by molar-refractivity contribution is -0.147. The summed E-state index contributed by atoms with van der Waals surface area (Å²) in [6.07, 6.45) is -4.66. The van der Waals surface area contributed by atoms with Gasteiger partial charge in [0.05, 0.1) is 12.2 Å². The van der Waals surface area contributed by atoms with E-state index < -0.39 is 23.8 Å². The Morgan fingerprint density at radius 1 is 1.62 bits per heavy atom. The Balaban J connectivity index is 4.35. The molecule has 0 amide bonds. The number of ether oxygens (including phenoxy) is 1. The summed E-state index contributed by atoms with van der Waals surface area (Å²) in [4.78, 5) is 10.7. The van der Waals surface area contributed by atoms with Crippen LogP contribution in [0.3, 0.4) is 0 Å². The fraction of sp³-hybridized carbons (Fsp3) is 0.571. The molecular weight excluding hydrogens is 187 g/mol. The normalized spacial score (nSPS) is 13.6. The molecule has 0 rings (SSSR count). The number of esters is 1. The van der Waals surface area contributed by atoms with Crippen LogP contribution in [-0.4, -0.2) is 24.8 Å². The van der Waals surface area contributed by atoms with Crippen molar-refractivity contribution in [2.24, 2.45) is 5.73 Å². The zero-order valence-electron chi connectivity index (χ0n) is 7.02. The summed E-state index contributed by atoms with van der Waals surface area (Å²) in [7, 11) is 0. The van der Waals surface area contributed by atoms with Crippen LogP contribution in [-0.2, 0) is 9.53 Å². The van der Waals surface area contributed by atoms with Gasteiger partial charge in [0.25, 0.3) is 0 Å². The van der Waals surface area contributed by atoms with Crippen molar-refractivity contribution in [2.75, 3.05) is 6.61 Å². The number of carbonyl (C=O) groups is 1. The van der Waals surface area contributed by atoms with Crippen molar-refractivity contribution in [3.8, 4) is 0 Å². The van der Waals surface area contributed by atoms with Crippen molar-refractivity contribution in [1.82, 2.24) is 0 Å². The third kappa shape index (κ3) is 3.45. The van der Waals surface area contributed by atoms with Crippen LogP contribution in [0.15, 0.2) is 12.2 Å². The van der Waals surface area contributed by atoms with E-state index >= 15 is 0 Å². The first-order chi connectivity index (χ1) is 5.80. The first kappa shape index (κ1) is 12.0. The summed E-state index contributed by atoms with van der Waals surface area (Å²) < 4.78 is 40.0. The molecule has 0 fully saturated rings. The molecule has 0 bridgehead atoms. The van der Waals surface area contributed by atoms with Gasteiger partial charge in [-0.05, 0) is 6.92 Å². The Morgan fingerprint density at radius 2 is 2.08 bits per heavy atom. The van der Waals surface area contributed by atoms with Crippen molar-refractivity contribution in [2.45, 2.75) is 19.1 Å². The first-order valence-corrected chi connectivity index (χ1v) is 3.49. The van der Waals surface area contributed by atoms with Crippen LogP contribution >= 0.6 is 0 Å². The van der Waals surface area contributed by atoms with E-state index in [1.807, 2.05) is 0 Å². The summed E-state index contributed by atoms with van der Waals surface area (Å²) >= 11 is 0. The topological polar surface area (TPSA) is 52.3 Å². The Kier molecular flexibility index (Phi) is 3.93. The van der Waals surface area contributed by atoms with Gasteiger partial charge in [-0.2, -0.15) is 13.2 Å². The van der Waals surface area contributed by atoms with E-state index in [0.29, 0.717) is 0 Å². The van der Waals surface area contributed by atoms with E-state index in [1.165, 1.54) is 6.92 Å². The van der Waals surface area contributed by atoms with Crippen molar-refractivity contribution in [3.05, 3.63) is 12.2 Å². The monoisotopic (exact) mass is 197 g/mol. The smallest absolute Gasteiger partial charge is 0.414 e. The number of nitrogens with two attached hydrogens (primary N) is 1. The zero-order chi connectivity index (χ0) is 10.6. The molecule has 0 saturated heterocycles. The summed E-state index contributed by atoms with van der Waals surface area (Å²) in [5, 5.41) is 0. The number of halogens is 3. The summed E-state index contributed by atoms with van der Waals surface area (Å²) in [5.74, 6) is -1.12. The number of rotatable bonds is 3. The van der Waals surface area contributed by atoms with Gasteiger partial charge in [-0.15, -0.1) is 0 Å². The lowest BCUT2D eigenvalue weighted by atomic mass is 10.1. The van der Waals surface area contributed by atoms with Crippen molar-refractivity contribution < 1.29 is 22.7 Å². The van der Waals surface area contributed by atoms with Gasteiger partial charge < -0.3 is 10.5 Å². The molecule has 0 saturated carbocycles. The summed E-state index contributed by atoms with van der Waals surface area (Å²) in [6, 6.07) is -1.83. The molecule has 2 N–H and O–H groups in total. The van der Waals surface area contributed by atoms with E-state index in [1.54, 1.807) is 0 Å². The molecule has 0 radical (unpaired) electrons. The molecular formula is C7H10F3NO2. The van der Waals surface area contributed by atoms with Crippen LogP contribution in [0.1, 0.15) is 6.92 Å². The number of alkyl halides is 3. The maximum absolute atomic E-state index is 11.9. The van der Waals surface area contributed by atoms with Crippen LogP contribution in [0.4, 0.5) is 13.2 Å². The quantitative estimate of drug-likeness (QED) is 0.542. The van der Waals surface area contributed by atoms with E-state index in [2.05, 4.69) is 11.3 Å². The van der Waals surface area contributed by atoms with E-state index in [9.17, 15) is 18.0 Å². The standard InChI is InChI=1S/C7H10F3NO2/c1-3-13-6(12)5(11)4(2)7(8,9)10/h5H,2-3,11H2,1H3. The van der Waals surface area contributed by atoms with Gasteiger partial charge in [0.15, 0.2) is 0 Å². The largest absolute Gasteiger partial charge is 0.465 e. The number of hydrogen-bond donors (Lipinski definition) is 1.